The maximum absolute atomic E-state index is 11.5. The number of carbonyl (C=O) groups is 2. The fraction of sp³-hybridized carbons (Fsp3) is 0.500. The Morgan fingerprint density at radius 3 is 2.52 bits per heavy atom. The summed E-state index contributed by atoms with van der Waals surface area (Å²) in [4.78, 5) is 27.5. The van der Waals surface area contributed by atoms with Crippen molar-refractivity contribution in [1.82, 2.24) is 4.90 Å². The SMILES string of the molecule is O=CC1(C=O)CN(CCN2CCOCC2)c2ccccc21. The lowest BCUT2D eigenvalue weighted by Crippen LogP contribution is -2.43. The average Bonchev–Trinajstić information content (AvgIpc) is 2.89. The zero-order valence-corrected chi connectivity index (χ0v) is 12.0. The topological polar surface area (TPSA) is 49.9 Å². The van der Waals surface area contributed by atoms with Crippen LogP contribution in [0.1, 0.15) is 5.56 Å². The molecule has 0 aromatic heterocycles. The number of anilines is 1. The number of para-hydroxylation sites is 1. The first kappa shape index (κ1) is 14.2. The van der Waals surface area contributed by atoms with Crippen LogP contribution in [0.5, 0.6) is 0 Å². The van der Waals surface area contributed by atoms with Crippen molar-refractivity contribution in [3.63, 3.8) is 0 Å². The predicted octanol–water partition coefficient (Wildman–Crippen LogP) is 0.474. The van der Waals surface area contributed by atoms with E-state index in [0.29, 0.717) is 6.54 Å². The molecule has 3 rings (SSSR count). The van der Waals surface area contributed by atoms with Crippen molar-refractivity contribution in [2.24, 2.45) is 0 Å². The smallest absolute Gasteiger partial charge is 0.139 e. The van der Waals surface area contributed by atoms with Crippen LogP contribution in [0.3, 0.4) is 0 Å². The second kappa shape index (κ2) is 5.95. The van der Waals surface area contributed by atoms with Gasteiger partial charge in [0, 0.05) is 38.4 Å². The van der Waals surface area contributed by atoms with E-state index in [0.717, 1.165) is 63.2 Å². The summed E-state index contributed by atoms with van der Waals surface area (Å²) in [5.74, 6) is 0. The normalized spacial score (nSPS) is 21.0. The van der Waals surface area contributed by atoms with Crippen molar-refractivity contribution < 1.29 is 14.3 Å². The van der Waals surface area contributed by atoms with Gasteiger partial charge in [-0.25, -0.2) is 0 Å². The van der Waals surface area contributed by atoms with Crippen LogP contribution in [0.15, 0.2) is 24.3 Å². The average molecular weight is 288 g/mol. The van der Waals surface area contributed by atoms with Gasteiger partial charge in [0.25, 0.3) is 0 Å². The van der Waals surface area contributed by atoms with Crippen molar-refractivity contribution in [2.75, 3.05) is 50.8 Å². The third kappa shape index (κ3) is 2.59. The highest BCUT2D eigenvalue weighted by atomic mass is 16.5. The molecule has 0 unspecified atom stereocenters. The van der Waals surface area contributed by atoms with Gasteiger partial charge in [-0.1, -0.05) is 18.2 Å². The lowest BCUT2D eigenvalue weighted by atomic mass is 9.86. The lowest BCUT2D eigenvalue weighted by Gasteiger charge is -2.29. The fourth-order valence-electron chi connectivity index (χ4n) is 3.14. The van der Waals surface area contributed by atoms with E-state index in [2.05, 4.69) is 9.80 Å². The van der Waals surface area contributed by atoms with Gasteiger partial charge in [-0.05, 0) is 11.6 Å². The second-order valence-corrected chi connectivity index (χ2v) is 5.67. The van der Waals surface area contributed by atoms with Crippen molar-refractivity contribution in [1.29, 1.82) is 0 Å². The summed E-state index contributed by atoms with van der Waals surface area (Å²) in [6, 6.07) is 7.70. The van der Waals surface area contributed by atoms with Gasteiger partial charge in [0.15, 0.2) is 0 Å². The predicted molar refractivity (Wildman–Crippen MR) is 79.7 cm³/mol. The van der Waals surface area contributed by atoms with Gasteiger partial charge in [-0.15, -0.1) is 0 Å². The summed E-state index contributed by atoms with van der Waals surface area (Å²) in [6.07, 6.45) is 1.57. The van der Waals surface area contributed by atoms with Crippen LogP contribution in [0.25, 0.3) is 0 Å². The molecule has 0 aliphatic carbocycles. The first-order valence-electron chi connectivity index (χ1n) is 7.36. The molecule has 1 aromatic rings. The Morgan fingerprint density at radius 1 is 1.10 bits per heavy atom. The molecule has 0 spiro atoms. The number of aldehydes is 2. The van der Waals surface area contributed by atoms with Crippen LogP contribution in [0.2, 0.25) is 0 Å². The van der Waals surface area contributed by atoms with Crippen molar-refractivity contribution in [3.8, 4) is 0 Å². The zero-order chi connectivity index (χ0) is 14.7. The monoisotopic (exact) mass is 288 g/mol. The molecular weight excluding hydrogens is 268 g/mol. The summed E-state index contributed by atoms with van der Waals surface area (Å²) in [7, 11) is 0. The second-order valence-electron chi connectivity index (χ2n) is 5.67. The number of morpholine rings is 1. The first-order chi connectivity index (χ1) is 10.3. The number of hydrogen-bond donors (Lipinski definition) is 0. The molecule has 21 heavy (non-hydrogen) atoms. The van der Waals surface area contributed by atoms with Gasteiger partial charge in [0.2, 0.25) is 0 Å². The maximum Gasteiger partial charge on any atom is 0.139 e. The van der Waals surface area contributed by atoms with Crippen LogP contribution in [-0.2, 0) is 19.7 Å². The molecule has 2 aliphatic rings. The molecule has 1 fully saturated rings. The quantitative estimate of drug-likeness (QED) is 0.582. The Balaban J connectivity index is 1.75. The highest BCUT2D eigenvalue weighted by molar-refractivity contribution is 5.97. The van der Waals surface area contributed by atoms with E-state index in [1.54, 1.807) is 0 Å². The summed E-state index contributed by atoms with van der Waals surface area (Å²) in [6.45, 7) is 5.64. The van der Waals surface area contributed by atoms with Crippen LogP contribution >= 0.6 is 0 Å². The van der Waals surface area contributed by atoms with Gasteiger partial charge < -0.3 is 19.2 Å². The maximum atomic E-state index is 11.5. The number of nitrogens with zero attached hydrogens (tertiary/aromatic N) is 2. The summed E-state index contributed by atoms with van der Waals surface area (Å²) < 4.78 is 5.35. The number of carbonyl (C=O) groups excluding carboxylic acids is 2. The number of ether oxygens (including phenoxy) is 1. The summed E-state index contributed by atoms with van der Waals surface area (Å²) in [5.41, 5.74) is 0.837. The first-order valence-corrected chi connectivity index (χ1v) is 7.36. The molecule has 1 aromatic carbocycles. The number of benzene rings is 1. The lowest BCUT2D eigenvalue weighted by molar-refractivity contribution is -0.120. The van der Waals surface area contributed by atoms with Crippen LogP contribution in [0.4, 0.5) is 5.69 Å². The standard InChI is InChI=1S/C16H20N2O3/c19-12-16(13-20)11-18(15-4-2-1-3-14(15)16)6-5-17-7-9-21-10-8-17/h1-4,12-13H,5-11H2. The van der Waals surface area contributed by atoms with E-state index in [1.165, 1.54) is 0 Å². The van der Waals surface area contributed by atoms with Gasteiger partial charge in [-0.2, -0.15) is 0 Å². The van der Waals surface area contributed by atoms with E-state index >= 15 is 0 Å². The molecule has 0 bridgehead atoms. The Hall–Kier alpha value is -1.72. The van der Waals surface area contributed by atoms with E-state index in [-0.39, 0.29) is 0 Å². The molecule has 112 valence electrons. The number of fused-ring (bicyclic) bond motifs is 1. The van der Waals surface area contributed by atoms with Gasteiger partial charge in [0.05, 0.1) is 13.2 Å². The van der Waals surface area contributed by atoms with E-state index < -0.39 is 5.41 Å². The highest BCUT2D eigenvalue weighted by Crippen LogP contribution is 2.38. The van der Waals surface area contributed by atoms with Gasteiger partial charge in [0.1, 0.15) is 18.0 Å². The largest absolute Gasteiger partial charge is 0.379 e. The fourth-order valence-corrected chi connectivity index (χ4v) is 3.14. The van der Waals surface area contributed by atoms with Crippen LogP contribution < -0.4 is 4.90 Å². The van der Waals surface area contributed by atoms with E-state index in [9.17, 15) is 9.59 Å². The highest BCUT2D eigenvalue weighted by Gasteiger charge is 2.42. The van der Waals surface area contributed by atoms with Crippen molar-refractivity contribution >= 4 is 18.3 Å². The van der Waals surface area contributed by atoms with Crippen molar-refractivity contribution in [3.05, 3.63) is 29.8 Å². The Morgan fingerprint density at radius 2 is 1.81 bits per heavy atom. The summed E-state index contributed by atoms with van der Waals surface area (Å²) in [5, 5.41) is 0. The molecule has 2 aliphatic heterocycles. The molecule has 0 N–H and O–H groups in total. The Labute approximate surface area is 124 Å². The van der Waals surface area contributed by atoms with Gasteiger partial charge in [-0.3, -0.25) is 4.90 Å². The van der Waals surface area contributed by atoms with Crippen LogP contribution in [0, 0.1) is 0 Å². The van der Waals surface area contributed by atoms with E-state index in [4.69, 9.17) is 4.74 Å². The Kier molecular flexibility index (Phi) is 4.03. The molecule has 0 radical (unpaired) electrons. The third-order valence-corrected chi connectivity index (χ3v) is 4.41. The number of hydrogen-bond acceptors (Lipinski definition) is 5. The van der Waals surface area contributed by atoms with Crippen LogP contribution in [-0.4, -0.2) is 63.4 Å². The summed E-state index contributed by atoms with van der Waals surface area (Å²) >= 11 is 0. The zero-order valence-electron chi connectivity index (χ0n) is 12.0. The minimum Gasteiger partial charge on any atom is -0.379 e. The molecular formula is C16H20N2O3. The molecule has 5 heteroatoms. The van der Waals surface area contributed by atoms with Crippen molar-refractivity contribution in [2.45, 2.75) is 5.41 Å². The Bertz CT molecular complexity index is 518. The molecule has 0 amide bonds. The molecule has 2 heterocycles. The van der Waals surface area contributed by atoms with Gasteiger partial charge >= 0.3 is 0 Å². The van der Waals surface area contributed by atoms with E-state index in [1.807, 2.05) is 24.3 Å². The molecule has 0 saturated carbocycles. The molecule has 0 atom stereocenters. The number of rotatable bonds is 5. The minimum atomic E-state index is -0.998. The third-order valence-electron chi connectivity index (χ3n) is 4.41. The molecule has 5 nitrogen and oxygen atoms in total. The minimum absolute atomic E-state index is 0.448. The molecule has 1 saturated heterocycles.